The van der Waals surface area contributed by atoms with E-state index in [0.717, 1.165) is 0 Å². The second-order valence-corrected chi connectivity index (χ2v) is 7.14. The number of ether oxygens (including phenoxy) is 1. The number of rotatable bonds is 4. The van der Waals surface area contributed by atoms with Crippen molar-refractivity contribution in [2.24, 2.45) is 0 Å². The number of anilines is 1. The Bertz CT molecular complexity index is 1050. The van der Waals surface area contributed by atoms with Gasteiger partial charge in [0.1, 0.15) is 5.69 Å². The first-order chi connectivity index (χ1) is 13.3. The van der Waals surface area contributed by atoms with Crippen LogP contribution in [-0.4, -0.2) is 34.4 Å². The number of nitrogens with two attached hydrogens (primary N) is 1. The van der Waals surface area contributed by atoms with Crippen LogP contribution in [-0.2, 0) is 19.7 Å². The van der Waals surface area contributed by atoms with E-state index in [0.29, 0.717) is 28.3 Å². The molecule has 1 unspecified atom stereocenters. The predicted molar refractivity (Wildman–Crippen MR) is 103 cm³/mol. The van der Waals surface area contributed by atoms with E-state index in [1.807, 2.05) is 24.3 Å². The van der Waals surface area contributed by atoms with Gasteiger partial charge in [-0.1, -0.05) is 30.3 Å². The van der Waals surface area contributed by atoms with Crippen LogP contribution in [0.4, 0.5) is 6.01 Å². The topological polar surface area (TPSA) is 98.7 Å². The molecule has 1 aliphatic heterocycles. The third-order valence-corrected chi connectivity index (χ3v) is 5.14. The molecular formula is C21H21N3O4. The molecule has 1 aromatic carbocycles. The lowest BCUT2D eigenvalue weighted by Gasteiger charge is -2.26. The van der Waals surface area contributed by atoms with Crippen molar-refractivity contribution in [3.63, 3.8) is 0 Å². The number of carbonyl (C=O) groups is 2. The van der Waals surface area contributed by atoms with Gasteiger partial charge in [-0.25, -0.2) is 4.79 Å². The molecule has 7 heteroatoms. The summed E-state index contributed by atoms with van der Waals surface area (Å²) in [6.45, 7) is 9.25. The number of nitrogen functional groups attached to an aromatic ring is 1. The first kappa shape index (κ1) is 18.0. The van der Waals surface area contributed by atoms with Crippen molar-refractivity contribution in [2.45, 2.75) is 32.3 Å². The predicted octanol–water partition coefficient (Wildman–Crippen LogP) is 2.78. The van der Waals surface area contributed by atoms with Gasteiger partial charge in [0.25, 0.3) is 6.01 Å². The molecule has 0 fully saturated rings. The highest BCUT2D eigenvalue weighted by atomic mass is 16.5. The van der Waals surface area contributed by atoms with Crippen LogP contribution >= 0.6 is 0 Å². The molecule has 1 aromatic heterocycles. The zero-order valence-corrected chi connectivity index (χ0v) is 16.0. The summed E-state index contributed by atoms with van der Waals surface area (Å²) in [7, 11) is 0. The third-order valence-electron chi connectivity index (χ3n) is 5.14. The molecule has 1 atom stereocenters. The molecule has 2 heterocycles. The van der Waals surface area contributed by atoms with Crippen molar-refractivity contribution in [3.8, 4) is 11.3 Å². The summed E-state index contributed by atoms with van der Waals surface area (Å²) in [4.78, 5) is 32.8. The van der Waals surface area contributed by atoms with Crippen molar-refractivity contribution >= 4 is 17.9 Å². The molecule has 28 heavy (non-hydrogen) atoms. The molecule has 0 saturated carbocycles. The Morgan fingerprint density at radius 2 is 2.14 bits per heavy atom. The summed E-state index contributed by atoms with van der Waals surface area (Å²) in [6.07, 6.45) is 1.27. The molecule has 2 N–H and O–H groups in total. The number of hydrogen-bond acceptors (Lipinski definition) is 6. The smallest absolute Gasteiger partial charge is 0.337 e. The quantitative estimate of drug-likeness (QED) is 0.648. The second-order valence-electron chi connectivity index (χ2n) is 7.14. The average molecular weight is 379 g/mol. The van der Waals surface area contributed by atoms with Crippen molar-refractivity contribution < 1.29 is 18.7 Å². The summed E-state index contributed by atoms with van der Waals surface area (Å²) in [6, 6.07) is 7.25. The van der Waals surface area contributed by atoms with Crippen LogP contribution in [0.3, 0.4) is 0 Å². The minimum absolute atomic E-state index is 0.0527. The van der Waals surface area contributed by atoms with Crippen LogP contribution < -0.4 is 5.73 Å². The van der Waals surface area contributed by atoms with Gasteiger partial charge in [-0.3, -0.25) is 4.79 Å². The van der Waals surface area contributed by atoms with Crippen LogP contribution in [0.5, 0.6) is 0 Å². The fourth-order valence-electron chi connectivity index (χ4n) is 4.17. The van der Waals surface area contributed by atoms with E-state index < -0.39 is 11.4 Å². The molecule has 2 aromatic rings. The summed E-state index contributed by atoms with van der Waals surface area (Å²) in [5.74, 6) is -0.443. The molecule has 0 saturated heterocycles. The number of carbonyl (C=O) groups excluding carboxylic acids is 2. The monoisotopic (exact) mass is 379 g/mol. The Hall–Kier alpha value is -3.35. The van der Waals surface area contributed by atoms with E-state index in [-0.39, 0.29) is 30.1 Å². The molecule has 2 aliphatic rings. The van der Waals surface area contributed by atoms with Crippen LogP contribution in [0.25, 0.3) is 11.3 Å². The highest BCUT2D eigenvalue weighted by Gasteiger charge is 2.63. The van der Waals surface area contributed by atoms with Gasteiger partial charge in [0.15, 0.2) is 11.2 Å². The van der Waals surface area contributed by atoms with Gasteiger partial charge < -0.3 is 19.8 Å². The Labute approximate surface area is 162 Å². The number of hydrogen-bond donors (Lipinski definition) is 1. The van der Waals surface area contributed by atoms with Crippen LogP contribution in [0.15, 0.2) is 52.6 Å². The molecule has 0 radical (unpaired) electrons. The zero-order valence-electron chi connectivity index (χ0n) is 16.0. The average Bonchev–Trinajstić information content (AvgIpc) is 3.21. The van der Waals surface area contributed by atoms with Gasteiger partial charge in [-0.05, 0) is 26.3 Å². The minimum atomic E-state index is -1.44. The first-order valence-corrected chi connectivity index (χ1v) is 9.05. The molecule has 1 aliphatic carbocycles. The molecular weight excluding hydrogens is 358 g/mol. The molecule has 4 rings (SSSR count). The lowest BCUT2D eigenvalue weighted by molar-refractivity contribution is -0.144. The maximum atomic E-state index is 13.8. The number of benzene rings is 1. The van der Waals surface area contributed by atoms with Crippen LogP contribution in [0, 0.1) is 0 Å². The first-order valence-electron chi connectivity index (χ1n) is 9.05. The van der Waals surface area contributed by atoms with Crippen LogP contribution in [0.2, 0.25) is 0 Å². The van der Waals surface area contributed by atoms with E-state index >= 15 is 0 Å². The largest absolute Gasteiger partial charge is 0.460 e. The molecule has 1 amide bonds. The number of esters is 1. The van der Waals surface area contributed by atoms with Crippen LogP contribution in [0.1, 0.15) is 32.0 Å². The SMILES string of the molecule is C=CCN1C(=O)C2(C(C(=O)OC(C)C)=C1C)c1ccccc1-c1oc(N)nc12. The Kier molecular flexibility index (Phi) is 3.92. The van der Waals surface area contributed by atoms with Crippen molar-refractivity contribution in [3.05, 3.63) is 59.4 Å². The van der Waals surface area contributed by atoms with Gasteiger partial charge in [0.2, 0.25) is 5.91 Å². The number of nitrogens with zero attached hydrogens (tertiary/aromatic N) is 2. The fourth-order valence-corrected chi connectivity index (χ4v) is 4.17. The number of amides is 1. The summed E-state index contributed by atoms with van der Waals surface area (Å²) in [5.41, 5.74) is 6.81. The third kappa shape index (κ3) is 2.13. The van der Waals surface area contributed by atoms with E-state index in [2.05, 4.69) is 11.6 Å². The summed E-state index contributed by atoms with van der Waals surface area (Å²) in [5, 5.41) is 0. The maximum absolute atomic E-state index is 13.8. The number of oxazole rings is 1. The van der Waals surface area contributed by atoms with E-state index in [1.165, 1.54) is 4.90 Å². The second kappa shape index (κ2) is 6.09. The highest BCUT2D eigenvalue weighted by Crippen LogP contribution is 2.57. The number of aromatic nitrogens is 1. The molecule has 144 valence electrons. The van der Waals surface area contributed by atoms with Gasteiger partial charge in [-0.15, -0.1) is 6.58 Å². The van der Waals surface area contributed by atoms with E-state index in [9.17, 15) is 9.59 Å². The number of allylic oxidation sites excluding steroid dienone is 1. The van der Waals surface area contributed by atoms with Crippen molar-refractivity contribution in [2.75, 3.05) is 12.3 Å². The Morgan fingerprint density at radius 1 is 1.43 bits per heavy atom. The van der Waals surface area contributed by atoms with Crippen molar-refractivity contribution in [1.29, 1.82) is 0 Å². The fraction of sp³-hybridized carbons (Fsp3) is 0.286. The van der Waals surface area contributed by atoms with Gasteiger partial charge in [0, 0.05) is 17.8 Å². The Morgan fingerprint density at radius 3 is 2.82 bits per heavy atom. The minimum Gasteiger partial charge on any atom is -0.460 e. The normalized spacial score (nSPS) is 20.1. The zero-order chi connectivity index (χ0) is 20.2. The van der Waals surface area contributed by atoms with E-state index in [1.54, 1.807) is 26.8 Å². The summed E-state index contributed by atoms with van der Waals surface area (Å²) < 4.78 is 11.1. The lowest BCUT2D eigenvalue weighted by atomic mass is 9.74. The number of fused-ring (bicyclic) bond motifs is 5. The molecule has 0 bridgehead atoms. The summed E-state index contributed by atoms with van der Waals surface area (Å²) >= 11 is 0. The van der Waals surface area contributed by atoms with Gasteiger partial charge in [0.05, 0.1) is 11.7 Å². The van der Waals surface area contributed by atoms with Crippen molar-refractivity contribution in [1.82, 2.24) is 9.88 Å². The Balaban J connectivity index is 2.07. The molecule has 1 spiro atoms. The standard InChI is InChI=1S/C21H21N3O4/c1-5-10-24-12(4)15(18(25)27-11(2)3)21(19(24)26)14-9-7-6-8-13(14)16-17(21)23-20(22)28-16/h5-9,11H,1,10H2,2-4H3,(H2,22,23). The highest BCUT2D eigenvalue weighted by molar-refractivity contribution is 6.14. The lowest BCUT2D eigenvalue weighted by Crippen LogP contribution is -2.42. The molecule has 7 nitrogen and oxygen atoms in total. The van der Waals surface area contributed by atoms with E-state index in [4.69, 9.17) is 14.9 Å². The maximum Gasteiger partial charge on any atom is 0.337 e. The van der Waals surface area contributed by atoms with Gasteiger partial charge in [-0.2, -0.15) is 4.98 Å². The van der Waals surface area contributed by atoms with Gasteiger partial charge >= 0.3 is 5.97 Å².